The van der Waals surface area contributed by atoms with Crippen LogP contribution in [0, 0.1) is 0 Å². The lowest BCUT2D eigenvalue weighted by Crippen LogP contribution is -2.32. The average molecular weight is 360 g/mol. The van der Waals surface area contributed by atoms with Crippen LogP contribution in [0.25, 0.3) is 0 Å². The van der Waals surface area contributed by atoms with Crippen molar-refractivity contribution in [2.45, 2.75) is 17.4 Å². The van der Waals surface area contributed by atoms with Gasteiger partial charge in [-0.05, 0) is 30.3 Å². The molecule has 1 aliphatic rings. The van der Waals surface area contributed by atoms with Crippen LogP contribution in [-0.4, -0.2) is 39.3 Å². The van der Waals surface area contributed by atoms with Crippen LogP contribution in [0.2, 0.25) is 0 Å². The number of ether oxygens (including phenoxy) is 1. The highest BCUT2D eigenvalue weighted by Crippen LogP contribution is 2.31. The summed E-state index contributed by atoms with van der Waals surface area (Å²) in [4.78, 5) is 12.7. The average Bonchev–Trinajstić information content (AvgIpc) is 2.62. The van der Waals surface area contributed by atoms with E-state index in [4.69, 9.17) is 4.74 Å². The second kappa shape index (κ2) is 6.85. The summed E-state index contributed by atoms with van der Waals surface area (Å²) in [5, 5.41) is 2.99. The summed E-state index contributed by atoms with van der Waals surface area (Å²) in [5.74, 6) is 0.543. The minimum Gasteiger partial charge on any atom is -0.493 e. The van der Waals surface area contributed by atoms with E-state index in [0.717, 1.165) is 15.6 Å². The number of fused-ring (bicyclic) bond motifs is 1. The van der Waals surface area contributed by atoms with Crippen LogP contribution in [0.1, 0.15) is 28.4 Å². The number of nitrogens with one attached hydrogen (secondary N) is 1. The van der Waals surface area contributed by atoms with E-state index in [2.05, 4.69) is 5.32 Å². The zero-order chi connectivity index (χ0) is 18.0. The molecular weight excluding hydrogens is 340 g/mol. The molecule has 1 aliphatic heterocycles. The van der Waals surface area contributed by atoms with E-state index in [1.54, 1.807) is 0 Å². The predicted molar refractivity (Wildman–Crippen MR) is 94.1 cm³/mol. The number of amides is 1. The standard InChI is InChI=1S/C18H20N2O4S/c1-20(2)25(22,23)14-9-7-13(8-10-14)18(21)19-16-11-12-24-17-6-4-3-5-15(16)17/h3-10,16H,11-12H2,1-2H3,(H,19,21)/t16-/m1/s1. The van der Waals surface area contributed by atoms with Gasteiger partial charge in [0.1, 0.15) is 5.75 Å². The van der Waals surface area contributed by atoms with E-state index in [-0.39, 0.29) is 16.8 Å². The lowest BCUT2D eigenvalue weighted by Gasteiger charge is -2.26. The first-order valence-corrected chi connectivity index (χ1v) is 9.39. The van der Waals surface area contributed by atoms with Crippen molar-refractivity contribution in [3.05, 3.63) is 59.7 Å². The van der Waals surface area contributed by atoms with Gasteiger partial charge in [-0.3, -0.25) is 4.79 Å². The quantitative estimate of drug-likeness (QED) is 0.907. The van der Waals surface area contributed by atoms with Crippen LogP contribution in [0.5, 0.6) is 5.75 Å². The molecule has 25 heavy (non-hydrogen) atoms. The summed E-state index contributed by atoms with van der Waals surface area (Å²) >= 11 is 0. The van der Waals surface area contributed by atoms with Crippen molar-refractivity contribution in [1.82, 2.24) is 9.62 Å². The first-order chi connectivity index (χ1) is 11.9. The largest absolute Gasteiger partial charge is 0.493 e. The van der Waals surface area contributed by atoms with Crippen molar-refractivity contribution in [3.8, 4) is 5.75 Å². The molecule has 2 aromatic rings. The maximum absolute atomic E-state index is 12.5. The number of para-hydroxylation sites is 1. The van der Waals surface area contributed by atoms with E-state index in [1.807, 2.05) is 24.3 Å². The molecule has 0 fully saturated rings. The third kappa shape index (κ3) is 3.52. The molecular formula is C18H20N2O4S. The third-order valence-electron chi connectivity index (χ3n) is 4.16. The van der Waals surface area contributed by atoms with Gasteiger partial charge in [0.25, 0.3) is 5.91 Å². The van der Waals surface area contributed by atoms with Crippen LogP contribution < -0.4 is 10.1 Å². The maximum Gasteiger partial charge on any atom is 0.251 e. The second-order valence-corrected chi connectivity index (χ2v) is 8.16. The lowest BCUT2D eigenvalue weighted by atomic mass is 10.00. The lowest BCUT2D eigenvalue weighted by molar-refractivity contribution is 0.0924. The number of nitrogens with zero attached hydrogens (tertiary/aromatic N) is 1. The topological polar surface area (TPSA) is 75.7 Å². The molecule has 1 atom stereocenters. The van der Waals surface area contributed by atoms with Gasteiger partial charge < -0.3 is 10.1 Å². The summed E-state index contributed by atoms with van der Waals surface area (Å²) in [6, 6.07) is 13.4. The molecule has 0 saturated carbocycles. The van der Waals surface area contributed by atoms with Crippen LogP contribution in [0.4, 0.5) is 0 Å². The molecule has 0 aromatic heterocycles. The van der Waals surface area contributed by atoms with Gasteiger partial charge in [-0.2, -0.15) is 0 Å². The SMILES string of the molecule is CN(C)S(=O)(=O)c1ccc(C(=O)N[C@@H]2CCOc3ccccc32)cc1. The number of hydrogen-bond donors (Lipinski definition) is 1. The van der Waals surface area contributed by atoms with Crippen LogP contribution in [-0.2, 0) is 10.0 Å². The Morgan fingerprint density at radius 3 is 2.48 bits per heavy atom. The van der Waals surface area contributed by atoms with E-state index in [0.29, 0.717) is 18.6 Å². The number of carbonyl (C=O) groups excluding carboxylic acids is 1. The van der Waals surface area contributed by atoms with Crippen molar-refractivity contribution in [2.75, 3.05) is 20.7 Å². The van der Waals surface area contributed by atoms with Crippen LogP contribution >= 0.6 is 0 Å². The Morgan fingerprint density at radius 2 is 1.80 bits per heavy atom. The normalized spacial score (nSPS) is 16.8. The fourth-order valence-corrected chi connectivity index (χ4v) is 3.62. The molecule has 0 spiro atoms. The molecule has 2 aromatic carbocycles. The minimum absolute atomic E-state index is 0.123. The first-order valence-electron chi connectivity index (χ1n) is 7.95. The van der Waals surface area contributed by atoms with Crippen molar-refractivity contribution in [3.63, 3.8) is 0 Å². The van der Waals surface area contributed by atoms with Gasteiger partial charge in [0.05, 0.1) is 17.5 Å². The summed E-state index contributed by atoms with van der Waals surface area (Å²) in [6.07, 6.45) is 0.690. The highest BCUT2D eigenvalue weighted by atomic mass is 32.2. The Kier molecular flexibility index (Phi) is 4.78. The monoisotopic (exact) mass is 360 g/mol. The van der Waals surface area contributed by atoms with Crippen molar-refractivity contribution < 1.29 is 17.9 Å². The Balaban J connectivity index is 1.77. The highest BCUT2D eigenvalue weighted by Gasteiger charge is 2.23. The fraction of sp³-hybridized carbons (Fsp3) is 0.278. The smallest absolute Gasteiger partial charge is 0.251 e. The zero-order valence-electron chi connectivity index (χ0n) is 14.1. The van der Waals surface area contributed by atoms with Crippen LogP contribution in [0.15, 0.2) is 53.4 Å². The molecule has 1 heterocycles. The summed E-state index contributed by atoms with van der Waals surface area (Å²) in [6.45, 7) is 0.544. The zero-order valence-corrected chi connectivity index (χ0v) is 14.9. The Morgan fingerprint density at radius 1 is 1.12 bits per heavy atom. The van der Waals surface area contributed by atoms with Gasteiger partial charge in [0, 0.05) is 31.6 Å². The summed E-state index contributed by atoms with van der Waals surface area (Å²) < 4.78 is 30.9. The van der Waals surface area contributed by atoms with E-state index in [1.165, 1.54) is 38.4 Å². The van der Waals surface area contributed by atoms with Gasteiger partial charge >= 0.3 is 0 Å². The number of benzene rings is 2. The maximum atomic E-state index is 12.5. The Bertz CT molecular complexity index is 876. The van der Waals surface area contributed by atoms with E-state index >= 15 is 0 Å². The number of rotatable bonds is 4. The van der Waals surface area contributed by atoms with Crippen molar-refractivity contribution in [2.24, 2.45) is 0 Å². The molecule has 6 nitrogen and oxygen atoms in total. The molecule has 0 bridgehead atoms. The predicted octanol–water partition coefficient (Wildman–Crippen LogP) is 2.19. The molecule has 132 valence electrons. The highest BCUT2D eigenvalue weighted by molar-refractivity contribution is 7.89. The molecule has 1 N–H and O–H groups in total. The molecule has 3 rings (SSSR count). The van der Waals surface area contributed by atoms with Gasteiger partial charge in [0.15, 0.2) is 0 Å². The molecule has 0 unspecified atom stereocenters. The molecule has 0 saturated heterocycles. The Labute approximate surface area is 147 Å². The van der Waals surface area contributed by atoms with Gasteiger partial charge in [-0.1, -0.05) is 18.2 Å². The molecule has 1 amide bonds. The van der Waals surface area contributed by atoms with Crippen molar-refractivity contribution >= 4 is 15.9 Å². The third-order valence-corrected chi connectivity index (χ3v) is 5.99. The molecule has 7 heteroatoms. The van der Waals surface area contributed by atoms with Crippen molar-refractivity contribution in [1.29, 1.82) is 0 Å². The summed E-state index contributed by atoms with van der Waals surface area (Å²) in [7, 11) is -0.560. The molecule has 0 radical (unpaired) electrons. The Hall–Kier alpha value is -2.38. The second-order valence-electron chi connectivity index (χ2n) is 6.01. The first kappa shape index (κ1) is 17.4. The van der Waals surface area contributed by atoms with Crippen LogP contribution in [0.3, 0.4) is 0 Å². The number of carbonyl (C=O) groups is 1. The van der Waals surface area contributed by atoms with Gasteiger partial charge in [0.2, 0.25) is 10.0 Å². The van der Waals surface area contributed by atoms with E-state index < -0.39 is 10.0 Å². The summed E-state index contributed by atoms with van der Waals surface area (Å²) in [5.41, 5.74) is 1.37. The number of hydrogen-bond acceptors (Lipinski definition) is 4. The molecule has 0 aliphatic carbocycles. The number of sulfonamides is 1. The van der Waals surface area contributed by atoms with Gasteiger partial charge in [-0.15, -0.1) is 0 Å². The van der Waals surface area contributed by atoms with E-state index in [9.17, 15) is 13.2 Å². The minimum atomic E-state index is -3.50. The van der Waals surface area contributed by atoms with Gasteiger partial charge in [-0.25, -0.2) is 12.7 Å². The fourth-order valence-electron chi connectivity index (χ4n) is 2.72.